The first-order valence-electron chi connectivity index (χ1n) is 6.63. The van der Waals surface area contributed by atoms with Crippen molar-refractivity contribution >= 4 is 11.9 Å². The van der Waals surface area contributed by atoms with Gasteiger partial charge in [-0.3, -0.25) is 4.79 Å². The molecule has 21 heavy (non-hydrogen) atoms. The van der Waals surface area contributed by atoms with E-state index in [2.05, 4.69) is 5.32 Å². The lowest BCUT2D eigenvalue weighted by Crippen LogP contribution is -2.31. The summed E-state index contributed by atoms with van der Waals surface area (Å²) >= 11 is 0. The number of carbonyl (C=O) groups is 2. The fourth-order valence-electron chi connectivity index (χ4n) is 1.91. The molecule has 1 atom stereocenters. The Hall–Kier alpha value is -2.56. The third-order valence-corrected chi connectivity index (χ3v) is 3.09. The molecule has 1 N–H and O–H groups in total. The van der Waals surface area contributed by atoms with Gasteiger partial charge in [0.05, 0.1) is 12.3 Å². The molecule has 1 aromatic heterocycles. The predicted octanol–water partition coefficient (Wildman–Crippen LogP) is 2.62. The summed E-state index contributed by atoms with van der Waals surface area (Å²) in [7, 11) is 0. The number of nitrogens with one attached hydrogen (secondary N) is 1. The van der Waals surface area contributed by atoms with Gasteiger partial charge in [0, 0.05) is 0 Å². The highest BCUT2D eigenvalue weighted by molar-refractivity contribution is 5.92. The number of amides is 1. The number of esters is 1. The predicted molar refractivity (Wildman–Crippen MR) is 76.7 cm³/mol. The molecule has 0 bridgehead atoms. The summed E-state index contributed by atoms with van der Waals surface area (Å²) in [5, 5.41) is 2.77. The molecule has 1 heterocycles. The quantitative estimate of drug-likeness (QED) is 0.858. The Kier molecular flexibility index (Phi) is 4.77. The maximum absolute atomic E-state index is 11.8. The monoisotopic (exact) mass is 287 g/mol. The van der Waals surface area contributed by atoms with Crippen LogP contribution in [0.1, 0.15) is 34.6 Å². The summed E-state index contributed by atoms with van der Waals surface area (Å²) in [6.45, 7) is 3.21. The van der Waals surface area contributed by atoms with E-state index >= 15 is 0 Å². The summed E-state index contributed by atoms with van der Waals surface area (Å²) < 4.78 is 9.97. The van der Waals surface area contributed by atoms with Crippen molar-refractivity contribution in [1.29, 1.82) is 0 Å². The number of carbonyl (C=O) groups excluding carboxylic acids is 2. The van der Waals surface area contributed by atoms with Crippen LogP contribution in [-0.2, 0) is 9.53 Å². The van der Waals surface area contributed by atoms with Gasteiger partial charge in [0.15, 0.2) is 6.61 Å². The summed E-state index contributed by atoms with van der Waals surface area (Å²) in [5.41, 5.74) is 1.32. The van der Waals surface area contributed by atoms with E-state index in [1.807, 2.05) is 37.3 Å². The van der Waals surface area contributed by atoms with Crippen molar-refractivity contribution in [2.75, 3.05) is 6.61 Å². The van der Waals surface area contributed by atoms with Crippen LogP contribution in [0.3, 0.4) is 0 Å². The molecule has 110 valence electrons. The van der Waals surface area contributed by atoms with Gasteiger partial charge < -0.3 is 14.5 Å². The summed E-state index contributed by atoms with van der Waals surface area (Å²) in [6.07, 6.45) is 1.41. The Morgan fingerprint density at radius 1 is 1.24 bits per heavy atom. The molecular weight excluding hydrogens is 270 g/mol. The van der Waals surface area contributed by atoms with Crippen molar-refractivity contribution in [2.24, 2.45) is 0 Å². The zero-order valence-electron chi connectivity index (χ0n) is 12.0. The molecule has 1 aromatic carbocycles. The fraction of sp³-hybridized carbons (Fsp3) is 0.250. The highest BCUT2D eigenvalue weighted by atomic mass is 16.5. The summed E-state index contributed by atoms with van der Waals surface area (Å²) in [4.78, 5) is 23.5. The molecule has 0 aliphatic rings. The van der Waals surface area contributed by atoms with E-state index in [4.69, 9.17) is 9.15 Å². The molecule has 0 saturated carbocycles. The van der Waals surface area contributed by atoms with Crippen molar-refractivity contribution in [3.63, 3.8) is 0 Å². The lowest BCUT2D eigenvalue weighted by atomic mass is 10.1. The molecule has 0 radical (unpaired) electrons. The molecule has 0 saturated heterocycles. The van der Waals surface area contributed by atoms with Crippen LogP contribution in [0.4, 0.5) is 0 Å². The SMILES string of the molecule is Cc1occc1C(=O)OCC(=O)NC(C)c1ccccc1. The zero-order valence-corrected chi connectivity index (χ0v) is 12.0. The lowest BCUT2D eigenvalue weighted by Gasteiger charge is -2.14. The van der Waals surface area contributed by atoms with Gasteiger partial charge in [0.1, 0.15) is 11.3 Å². The van der Waals surface area contributed by atoms with Crippen molar-refractivity contribution < 1.29 is 18.7 Å². The molecule has 0 aliphatic carbocycles. The molecule has 0 fully saturated rings. The maximum atomic E-state index is 11.8. The van der Waals surface area contributed by atoms with E-state index in [0.717, 1.165) is 5.56 Å². The zero-order chi connectivity index (χ0) is 15.2. The van der Waals surface area contributed by atoms with Crippen molar-refractivity contribution in [1.82, 2.24) is 5.32 Å². The molecule has 2 rings (SSSR count). The minimum absolute atomic E-state index is 0.145. The summed E-state index contributed by atoms with van der Waals surface area (Å²) in [6, 6.07) is 10.9. The Morgan fingerprint density at radius 3 is 2.57 bits per heavy atom. The van der Waals surface area contributed by atoms with E-state index < -0.39 is 5.97 Å². The highest BCUT2D eigenvalue weighted by Crippen LogP contribution is 2.12. The number of hydrogen-bond acceptors (Lipinski definition) is 4. The first-order valence-corrected chi connectivity index (χ1v) is 6.63. The van der Waals surface area contributed by atoms with Crippen LogP contribution < -0.4 is 5.32 Å². The Morgan fingerprint density at radius 2 is 1.95 bits per heavy atom. The Balaban J connectivity index is 1.83. The van der Waals surface area contributed by atoms with Gasteiger partial charge in [-0.2, -0.15) is 0 Å². The average Bonchev–Trinajstić information content (AvgIpc) is 2.92. The average molecular weight is 287 g/mol. The van der Waals surface area contributed by atoms with E-state index in [1.54, 1.807) is 6.92 Å². The number of aryl methyl sites for hydroxylation is 1. The molecule has 5 heteroatoms. The molecule has 5 nitrogen and oxygen atoms in total. The van der Waals surface area contributed by atoms with Gasteiger partial charge in [-0.15, -0.1) is 0 Å². The van der Waals surface area contributed by atoms with E-state index in [9.17, 15) is 9.59 Å². The van der Waals surface area contributed by atoms with Crippen LogP contribution in [0, 0.1) is 6.92 Å². The van der Waals surface area contributed by atoms with Crippen LogP contribution in [0.2, 0.25) is 0 Å². The van der Waals surface area contributed by atoms with Crippen molar-refractivity contribution in [3.8, 4) is 0 Å². The van der Waals surface area contributed by atoms with Gasteiger partial charge in [0.2, 0.25) is 0 Å². The fourth-order valence-corrected chi connectivity index (χ4v) is 1.91. The smallest absolute Gasteiger partial charge is 0.342 e. The normalized spacial score (nSPS) is 11.7. The van der Waals surface area contributed by atoms with Gasteiger partial charge in [0.25, 0.3) is 5.91 Å². The lowest BCUT2D eigenvalue weighted by molar-refractivity contribution is -0.124. The Bertz CT molecular complexity index is 618. The second-order valence-electron chi connectivity index (χ2n) is 4.67. The van der Waals surface area contributed by atoms with Gasteiger partial charge in [-0.1, -0.05) is 30.3 Å². The first-order chi connectivity index (χ1) is 10.1. The number of rotatable bonds is 5. The summed E-state index contributed by atoms with van der Waals surface area (Å²) in [5.74, 6) is -0.442. The van der Waals surface area contributed by atoms with Gasteiger partial charge in [-0.25, -0.2) is 4.79 Å². The minimum Gasteiger partial charge on any atom is -0.469 e. The van der Waals surface area contributed by atoms with Crippen LogP contribution in [0.25, 0.3) is 0 Å². The van der Waals surface area contributed by atoms with E-state index in [0.29, 0.717) is 11.3 Å². The van der Waals surface area contributed by atoms with Gasteiger partial charge in [-0.05, 0) is 25.5 Å². The van der Waals surface area contributed by atoms with E-state index in [-0.39, 0.29) is 18.6 Å². The van der Waals surface area contributed by atoms with E-state index in [1.165, 1.54) is 12.3 Å². The standard InChI is InChI=1S/C16H17NO4/c1-11(13-6-4-3-5-7-13)17-15(18)10-21-16(19)14-8-9-20-12(14)2/h3-9,11H,10H2,1-2H3,(H,17,18). The van der Waals surface area contributed by atoms with Crippen molar-refractivity contribution in [3.05, 3.63) is 59.5 Å². The topological polar surface area (TPSA) is 68.5 Å². The Labute approximate surface area is 122 Å². The van der Waals surface area contributed by atoms with Crippen LogP contribution in [0.5, 0.6) is 0 Å². The molecular formula is C16H17NO4. The van der Waals surface area contributed by atoms with Gasteiger partial charge >= 0.3 is 5.97 Å². The molecule has 0 aliphatic heterocycles. The molecule has 0 spiro atoms. The number of furan rings is 1. The third-order valence-electron chi connectivity index (χ3n) is 3.09. The second kappa shape index (κ2) is 6.74. The van der Waals surface area contributed by atoms with Crippen LogP contribution >= 0.6 is 0 Å². The van der Waals surface area contributed by atoms with Crippen LogP contribution in [0.15, 0.2) is 47.1 Å². The second-order valence-corrected chi connectivity index (χ2v) is 4.67. The number of hydrogen-bond donors (Lipinski definition) is 1. The highest BCUT2D eigenvalue weighted by Gasteiger charge is 2.15. The minimum atomic E-state index is -0.566. The number of benzene rings is 1. The molecule has 1 amide bonds. The third kappa shape index (κ3) is 3.95. The maximum Gasteiger partial charge on any atom is 0.342 e. The van der Waals surface area contributed by atoms with Crippen LogP contribution in [-0.4, -0.2) is 18.5 Å². The number of ether oxygens (including phenoxy) is 1. The largest absolute Gasteiger partial charge is 0.469 e. The molecule has 2 aromatic rings. The van der Waals surface area contributed by atoms with Crippen molar-refractivity contribution in [2.45, 2.75) is 19.9 Å². The first kappa shape index (κ1) is 14.8. The molecule has 1 unspecified atom stereocenters.